The summed E-state index contributed by atoms with van der Waals surface area (Å²) in [6.07, 6.45) is -3.76. The van der Waals surface area contributed by atoms with Crippen LogP contribution in [-0.4, -0.2) is 23.0 Å². The van der Waals surface area contributed by atoms with E-state index in [1.807, 2.05) is 0 Å². The number of carbonyl (C=O) groups is 2. The highest BCUT2D eigenvalue weighted by atomic mass is 19.4. The molecular formula is C16H20F3NO3. The fourth-order valence-electron chi connectivity index (χ4n) is 2.07. The lowest BCUT2D eigenvalue weighted by Gasteiger charge is -2.17. The molecule has 2 atom stereocenters. The van der Waals surface area contributed by atoms with Gasteiger partial charge in [0.2, 0.25) is 5.91 Å². The van der Waals surface area contributed by atoms with Crippen LogP contribution < -0.4 is 5.32 Å². The van der Waals surface area contributed by atoms with Crippen molar-refractivity contribution in [2.45, 2.75) is 45.3 Å². The molecule has 4 nitrogen and oxygen atoms in total. The summed E-state index contributed by atoms with van der Waals surface area (Å²) in [5.74, 6) is -1.59. The Labute approximate surface area is 132 Å². The third kappa shape index (κ3) is 6.71. The van der Waals surface area contributed by atoms with E-state index in [0.29, 0.717) is 18.4 Å². The van der Waals surface area contributed by atoms with E-state index in [0.717, 1.165) is 12.1 Å². The predicted molar refractivity (Wildman–Crippen MR) is 78.8 cm³/mol. The number of rotatable bonds is 7. The van der Waals surface area contributed by atoms with E-state index in [1.54, 1.807) is 13.8 Å². The van der Waals surface area contributed by atoms with Gasteiger partial charge in [0, 0.05) is 18.4 Å². The average Bonchev–Trinajstić information content (AvgIpc) is 2.44. The Hall–Kier alpha value is -2.05. The second kappa shape index (κ2) is 7.99. The van der Waals surface area contributed by atoms with Crippen molar-refractivity contribution in [1.29, 1.82) is 0 Å². The van der Waals surface area contributed by atoms with Gasteiger partial charge < -0.3 is 10.4 Å². The van der Waals surface area contributed by atoms with Crippen LogP contribution >= 0.6 is 0 Å². The van der Waals surface area contributed by atoms with Crippen LogP contribution in [0, 0.1) is 5.92 Å². The fraction of sp³-hybridized carbons (Fsp3) is 0.500. The smallest absolute Gasteiger partial charge is 0.416 e. The minimum Gasteiger partial charge on any atom is -0.481 e. The second-order valence-corrected chi connectivity index (χ2v) is 5.64. The SMILES string of the molecule is CC(CCC(=O)O)NC(=O)C(C)Cc1ccc(C(F)(F)F)cc1. The summed E-state index contributed by atoms with van der Waals surface area (Å²) in [5.41, 5.74) is -0.0838. The van der Waals surface area contributed by atoms with Gasteiger partial charge in [0.15, 0.2) is 0 Å². The highest BCUT2D eigenvalue weighted by Crippen LogP contribution is 2.29. The summed E-state index contributed by atoms with van der Waals surface area (Å²) in [7, 11) is 0. The monoisotopic (exact) mass is 331 g/mol. The van der Waals surface area contributed by atoms with Gasteiger partial charge in [-0.3, -0.25) is 9.59 Å². The molecule has 0 heterocycles. The van der Waals surface area contributed by atoms with Crippen LogP contribution in [-0.2, 0) is 22.2 Å². The summed E-state index contributed by atoms with van der Waals surface area (Å²) >= 11 is 0. The maximum atomic E-state index is 12.5. The molecule has 0 spiro atoms. The van der Waals surface area contributed by atoms with Gasteiger partial charge in [-0.25, -0.2) is 0 Å². The Kier molecular flexibility index (Phi) is 6.60. The first kappa shape index (κ1) is 19.0. The molecule has 0 aliphatic carbocycles. The Morgan fingerprint density at radius 1 is 1.17 bits per heavy atom. The lowest BCUT2D eigenvalue weighted by atomic mass is 9.98. The van der Waals surface area contributed by atoms with Gasteiger partial charge in [-0.2, -0.15) is 13.2 Å². The summed E-state index contributed by atoms with van der Waals surface area (Å²) in [6.45, 7) is 3.39. The fourth-order valence-corrected chi connectivity index (χ4v) is 2.07. The molecule has 0 saturated carbocycles. The van der Waals surface area contributed by atoms with Gasteiger partial charge in [-0.1, -0.05) is 19.1 Å². The van der Waals surface area contributed by atoms with Crippen LogP contribution in [0.3, 0.4) is 0 Å². The van der Waals surface area contributed by atoms with Gasteiger partial charge >= 0.3 is 12.1 Å². The van der Waals surface area contributed by atoms with Crippen molar-refractivity contribution < 1.29 is 27.9 Å². The van der Waals surface area contributed by atoms with Crippen molar-refractivity contribution in [2.75, 3.05) is 0 Å². The van der Waals surface area contributed by atoms with Crippen LogP contribution in [0.15, 0.2) is 24.3 Å². The molecule has 1 amide bonds. The maximum absolute atomic E-state index is 12.5. The summed E-state index contributed by atoms with van der Waals surface area (Å²) in [6, 6.07) is 4.44. The van der Waals surface area contributed by atoms with Crippen LogP contribution in [0.1, 0.15) is 37.8 Å². The minimum absolute atomic E-state index is 0.0330. The molecule has 2 N–H and O–H groups in total. The number of carboxylic acid groups (broad SMARTS) is 1. The molecule has 2 unspecified atom stereocenters. The molecule has 0 aliphatic heterocycles. The van der Waals surface area contributed by atoms with E-state index in [-0.39, 0.29) is 18.4 Å². The van der Waals surface area contributed by atoms with E-state index >= 15 is 0 Å². The van der Waals surface area contributed by atoms with Gasteiger partial charge in [-0.05, 0) is 37.5 Å². The molecule has 0 radical (unpaired) electrons. The third-order valence-electron chi connectivity index (χ3n) is 3.45. The van der Waals surface area contributed by atoms with Crippen molar-refractivity contribution in [1.82, 2.24) is 5.32 Å². The zero-order valence-electron chi connectivity index (χ0n) is 13.0. The largest absolute Gasteiger partial charge is 0.481 e. The van der Waals surface area contributed by atoms with E-state index in [1.165, 1.54) is 12.1 Å². The highest BCUT2D eigenvalue weighted by molar-refractivity contribution is 5.79. The van der Waals surface area contributed by atoms with Gasteiger partial charge in [0.25, 0.3) is 0 Å². The molecule has 0 saturated heterocycles. The molecule has 1 rings (SSSR count). The van der Waals surface area contributed by atoms with Gasteiger partial charge in [0.05, 0.1) is 5.56 Å². The van der Waals surface area contributed by atoms with E-state index in [2.05, 4.69) is 5.32 Å². The summed E-state index contributed by atoms with van der Waals surface area (Å²) in [5, 5.41) is 11.3. The summed E-state index contributed by atoms with van der Waals surface area (Å²) < 4.78 is 37.4. The number of benzene rings is 1. The van der Waals surface area contributed by atoms with Crippen LogP contribution in [0.5, 0.6) is 0 Å². The zero-order chi connectivity index (χ0) is 17.6. The predicted octanol–water partition coefficient (Wildman–Crippen LogP) is 3.25. The lowest BCUT2D eigenvalue weighted by Crippen LogP contribution is -2.37. The molecule has 23 heavy (non-hydrogen) atoms. The van der Waals surface area contributed by atoms with Gasteiger partial charge in [0.1, 0.15) is 0 Å². The molecule has 1 aromatic rings. The summed E-state index contributed by atoms with van der Waals surface area (Å²) in [4.78, 5) is 22.5. The van der Waals surface area contributed by atoms with Crippen LogP contribution in [0.25, 0.3) is 0 Å². The number of alkyl halides is 3. The molecule has 7 heteroatoms. The number of carbonyl (C=O) groups excluding carboxylic acids is 1. The van der Waals surface area contributed by atoms with Crippen molar-refractivity contribution in [2.24, 2.45) is 5.92 Å². The topological polar surface area (TPSA) is 66.4 Å². The number of hydrogen-bond acceptors (Lipinski definition) is 2. The average molecular weight is 331 g/mol. The quantitative estimate of drug-likeness (QED) is 0.806. The minimum atomic E-state index is -4.37. The first-order chi connectivity index (χ1) is 10.6. The first-order valence-electron chi connectivity index (χ1n) is 7.28. The Balaban J connectivity index is 2.53. The van der Waals surface area contributed by atoms with Crippen molar-refractivity contribution in [3.8, 4) is 0 Å². The number of halogens is 3. The van der Waals surface area contributed by atoms with Crippen molar-refractivity contribution >= 4 is 11.9 Å². The molecule has 0 aromatic heterocycles. The van der Waals surface area contributed by atoms with Gasteiger partial charge in [-0.15, -0.1) is 0 Å². The standard InChI is InChI=1S/C16H20F3NO3/c1-10(15(23)20-11(2)3-8-14(21)22)9-12-4-6-13(7-5-12)16(17,18)19/h4-7,10-11H,3,8-9H2,1-2H3,(H,20,23)(H,21,22). The van der Waals surface area contributed by atoms with E-state index < -0.39 is 23.6 Å². The number of carboxylic acids is 1. The molecule has 128 valence electrons. The molecule has 0 fully saturated rings. The zero-order valence-corrected chi connectivity index (χ0v) is 13.0. The molecule has 1 aromatic carbocycles. The third-order valence-corrected chi connectivity index (χ3v) is 3.45. The van der Waals surface area contributed by atoms with Crippen molar-refractivity contribution in [3.63, 3.8) is 0 Å². The highest BCUT2D eigenvalue weighted by Gasteiger charge is 2.30. The maximum Gasteiger partial charge on any atom is 0.416 e. The first-order valence-corrected chi connectivity index (χ1v) is 7.28. The molecule has 0 aliphatic rings. The second-order valence-electron chi connectivity index (χ2n) is 5.64. The Bertz CT molecular complexity index is 540. The molecule has 0 bridgehead atoms. The van der Waals surface area contributed by atoms with E-state index in [9.17, 15) is 22.8 Å². The Morgan fingerprint density at radius 3 is 2.22 bits per heavy atom. The van der Waals surface area contributed by atoms with Crippen LogP contribution in [0.2, 0.25) is 0 Å². The number of amides is 1. The lowest BCUT2D eigenvalue weighted by molar-refractivity contribution is -0.138. The van der Waals surface area contributed by atoms with Crippen LogP contribution in [0.4, 0.5) is 13.2 Å². The Morgan fingerprint density at radius 2 is 1.74 bits per heavy atom. The number of aliphatic carboxylic acids is 1. The normalized spacial score (nSPS) is 14.1. The number of nitrogens with one attached hydrogen (secondary N) is 1. The van der Waals surface area contributed by atoms with E-state index in [4.69, 9.17) is 5.11 Å². The number of hydrogen-bond donors (Lipinski definition) is 2. The van der Waals surface area contributed by atoms with Crippen molar-refractivity contribution in [3.05, 3.63) is 35.4 Å². The molecular weight excluding hydrogens is 311 g/mol.